The van der Waals surface area contributed by atoms with E-state index < -0.39 is 36.4 Å². The summed E-state index contributed by atoms with van der Waals surface area (Å²) in [7, 11) is 0. The Morgan fingerprint density at radius 3 is 2.03 bits per heavy atom. The lowest BCUT2D eigenvalue weighted by atomic mass is 9.85. The van der Waals surface area contributed by atoms with Gasteiger partial charge in [0.05, 0.1) is 18.8 Å². The summed E-state index contributed by atoms with van der Waals surface area (Å²) in [6, 6.07) is 10.1. The highest BCUT2D eigenvalue weighted by atomic mass is 16.5. The molecule has 2 aliphatic rings. The number of rotatable bonds is 11. The van der Waals surface area contributed by atoms with Gasteiger partial charge >= 0.3 is 23.9 Å². The molecular formula is C27H37NO9. The SMILES string of the molecule is CC(C)(COC(=O)C(c1ccccc1)C1C=CCC1)N1CCCC1.O=C(O)CC(O)(CC(=O)O)C(=O)O. The minimum atomic E-state index is -2.74. The first-order chi connectivity index (χ1) is 17.4. The molecule has 4 N–H and O–H groups in total. The number of allylic oxidation sites excluding steroid dienone is 2. The zero-order valence-corrected chi connectivity index (χ0v) is 21.3. The number of carbonyl (C=O) groups excluding carboxylic acids is 1. The molecule has 0 bridgehead atoms. The number of esters is 1. The highest BCUT2D eigenvalue weighted by molar-refractivity contribution is 5.88. The third-order valence-electron chi connectivity index (χ3n) is 6.71. The number of carboxylic acids is 3. The topological polar surface area (TPSA) is 162 Å². The van der Waals surface area contributed by atoms with Gasteiger partial charge in [0.25, 0.3) is 0 Å². The number of hydrogen-bond acceptors (Lipinski definition) is 7. The molecule has 37 heavy (non-hydrogen) atoms. The van der Waals surface area contributed by atoms with Crippen molar-refractivity contribution in [1.82, 2.24) is 4.90 Å². The monoisotopic (exact) mass is 519 g/mol. The molecule has 0 amide bonds. The Bertz CT molecular complexity index is 951. The lowest BCUT2D eigenvalue weighted by molar-refractivity contribution is -0.170. The van der Waals surface area contributed by atoms with Gasteiger partial charge in [-0.15, -0.1) is 0 Å². The van der Waals surface area contributed by atoms with Gasteiger partial charge < -0.3 is 25.2 Å². The van der Waals surface area contributed by atoms with Gasteiger partial charge in [-0.1, -0.05) is 42.5 Å². The molecule has 1 aromatic carbocycles. The lowest BCUT2D eigenvalue weighted by Gasteiger charge is -2.35. The molecular weight excluding hydrogens is 482 g/mol. The summed E-state index contributed by atoms with van der Waals surface area (Å²) in [6.07, 6.45) is 6.66. The Labute approximate surface area is 216 Å². The van der Waals surface area contributed by atoms with Crippen molar-refractivity contribution in [3.63, 3.8) is 0 Å². The van der Waals surface area contributed by atoms with Crippen molar-refractivity contribution < 1.29 is 44.3 Å². The molecule has 1 heterocycles. The number of benzene rings is 1. The summed E-state index contributed by atoms with van der Waals surface area (Å²) in [6.45, 7) is 7.04. The molecule has 1 aromatic rings. The molecule has 2 unspecified atom stereocenters. The number of aliphatic carboxylic acids is 3. The minimum absolute atomic E-state index is 0.0787. The average molecular weight is 520 g/mol. The fourth-order valence-corrected chi connectivity index (χ4v) is 4.62. The Kier molecular flexibility index (Phi) is 10.8. The van der Waals surface area contributed by atoms with Gasteiger partial charge in [0, 0.05) is 5.54 Å². The third-order valence-corrected chi connectivity index (χ3v) is 6.71. The van der Waals surface area contributed by atoms with Crippen LogP contribution >= 0.6 is 0 Å². The van der Waals surface area contributed by atoms with Gasteiger partial charge in [-0.25, -0.2) is 4.79 Å². The second kappa shape index (κ2) is 13.3. The molecule has 3 rings (SSSR count). The number of likely N-dealkylation sites (tertiary alicyclic amines) is 1. The van der Waals surface area contributed by atoms with Gasteiger partial charge in [0.2, 0.25) is 0 Å². The van der Waals surface area contributed by atoms with Crippen LogP contribution in [0.3, 0.4) is 0 Å². The van der Waals surface area contributed by atoms with Gasteiger partial charge in [-0.3, -0.25) is 19.3 Å². The number of ether oxygens (including phenoxy) is 1. The van der Waals surface area contributed by atoms with Crippen molar-refractivity contribution in [2.75, 3.05) is 19.7 Å². The van der Waals surface area contributed by atoms with E-state index in [1.165, 1.54) is 12.8 Å². The first-order valence-corrected chi connectivity index (χ1v) is 12.4. The Morgan fingerprint density at radius 1 is 1.00 bits per heavy atom. The first kappa shape index (κ1) is 30.0. The van der Waals surface area contributed by atoms with Crippen molar-refractivity contribution in [3.05, 3.63) is 48.0 Å². The van der Waals surface area contributed by atoms with Crippen LogP contribution < -0.4 is 0 Å². The fourth-order valence-electron chi connectivity index (χ4n) is 4.62. The number of nitrogens with zero attached hydrogens (tertiary/aromatic N) is 1. The van der Waals surface area contributed by atoms with E-state index >= 15 is 0 Å². The van der Waals surface area contributed by atoms with Crippen LogP contribution in [-0.2, 0) is 23.9 Å². The van der Waals surface area contributed by atoms with Gasteiger partial charge in [-0.05, 0) is 64.1 Å². The molecule has 1 aliphatic heterocycles. The lowest BCUT2D eigenvalue weighted by Crippen LogP contribution is -2.46. The van der Waals surface area contributed by atoms with Crippen molar-refractivity contribution in [2.24, 2.45) is 5.92 Å². The molecule has 10 nitrogen and oxygen atoms in total. The molecule has 204 valence electrons. The van der Waals surface area contributed by atoms with E-state index in [9.17, 15) is 19.2 Å². The molecule has 1 aliphatic carbocycles. The van der Waals surface area contributed by atoms with Gasteiger partial charge in [0.15, 0.2) is 5.60 Å². The largest absolute Gasteiger partial charge is 0.481 e. The first-order valence-electron chi connectivity index (χ1n) is 12.4. The minimum Gasteiger partial charge on any atom is -0.481 e. The van der Waals surface area contributed by atoms with Crippen LogP contribution in [0.15, 0.2) is 42.5 Å². The third kappa shape index (κ3) is 8.98. The van der Waals surface area contributed by atoms with E-state index in [2.05, 4.69) is 30.9 Å². The number of aliphatic hydroxyl groups is 1. The van der Waals surface area contributed by atoms with E-state index in [1.54, 1.807) is 0 Å². The molecule has 10 heteroatoms. The van der Waals surface area contributed by atoms with Gasteiger partial charge in [0.1, 0.15) is 6.61 Å². The second-order valence-electron chi connectivity index (χ2n) is 10.1. The van der Waals surface area contributed by atoms with Crippen LogP contribution in [0.25, 0.3) is 0 Å². The molecule has 0 aromatic heterocycles. The molecule has 1 saturated heterocycles. The normalized spacial score (nSPS) is 18.5. The molecule has 0 saturated carbocycles. The fraction of sp³-hybridized carbons (Fsp3) is 0.556. The molecule has 0 radical (unpaired) electrons. The summed E-state index contributed by atoms with van der Waals surface area (Å²) in [4.78, 5) is 45.8. The number of carbonyl (C=O) groups is 4. The van der Waals surface area contributed by atoms with Crippen LogP contribution in [0.4, 0.5) is 0 Å². The van der Waals surface area contributed by atoms with Crippen molar-refractivity contribution in [3.8, 4) is 0 Å². The molecule has 1 fully saturated rings. The molecule has 0 spiro atoms. The average Bonchev–Trinajstić information content (AvgIpc) is 3.53. The van der Waals surface area contributed by atoms with E-state index in [0.717, 1.165) is 31.5 Å². The van der Waals surface area contributed by atoms with Gasteiger partial charge in [-0.2, -0.15) is 0 Å². The van der Waals surface area contributed by atoms with E-state index in [0.29, 0.717) is 6.61 Å². The van der Waals surface area contributed by atoms with E-state index in [-0.39, 0.29) is 23.3 Å². The predicted octanol–water partition coefficient (Wildman–Crippen LogP) is 2.91. The van der Waals surface area contributed by atoms with Crippen molar-refractivity contribution >= 4 is 23.9 Å². The predicted molar refractivity (Wildman–Crippen MR) is 134 cm³/mol. The maximum absolute atomic E-state index is 12.9. The highest BCUT2D eigenvalue weighted by Crippen LogP contribution is 2.34. The van der Waals surface area contributed by atoms with Crippen molar-refractivity contribution in [2.45, 2.75) is 69.4 Å². The van der Waals surface area contributed by atoms with Crippen LogP contribution in [0.5, 0.6) is 0 Å². The maximum atomic E-state index is 12.9. The summed E-state index contributed by atoms with van der Waals surface area (Å²) in [5.41, 5.74) is -1.76. The van der Waals surface area contributed by atoms with Crippen LogP contribution in [0.1, 0.15) is 63.9 Å². The smallest absolute Gasteiger partial charge is 0.336 e. The standard InChI is InChI=1S/C21H29NO2.C6H8O7/c1-21(2,22-14-8-9-15-22)16-24-20(23)19(18-12-6-7-13-18)17-10-4-3-5-11-17;7-3(8)1-6(13,5(11)12)2-4(9)10/h3-6,10-12,18-19H,7-9,13-16H2,1-2H3;13H,1-2H2,(H,7,8)(H,9,10)(H,11,12). The second-order valence-corrected chi connectivity index (χ2v) is 10.1. The Hall–Kier alpha value is -3.24. The number of carboxylic acid groups (broad SMARTS) is 3. The van der Waals surface area contributed by atoms with E-state index in [4.69, 9.17) is 25.2 Å². The number of hydrogen-bond donors (Lipinski definition) is 4. The van der Waals surface area contributed by atoms with Crippen LogP contribution in [0.2, 0.25) is 0 Å². The summed E-state index contributed by atoms with van der Waals surface area (Å²) >= 11 is 0. The zero-order chi connectivity index (χ0) is 27.6. The highest BCUT2D eigenvalue weighted by Gasteiger charge is 2.41. The summed E-state index contributed by atoms with van der Waals surface area (Å²) in [5, 5.41) is 33.8. The quantitative estimate of drug-likeness (QED) is 0.253. The Balaban J connectivity index is 0.000000317. The summed E-state index contributed by atoms with van der Waals surface area (Å²) < 4.78 is 5.83. The van der Waals surface area contributed by atoms with E-state index in [1.807, 2.05) is 30.3 Å². The van der Waals surface area contributed by atoms with Crippen molar-refractivity contribution in [1.29, 1.82) is 0 Å². The van der Waals surface area contributed by atoms with Crippen LogP contribution in [-0.4, -0.2) is 80.0 Å². The molecule has 2 atom stereocenters. The maximum Gasteiger partial charge on any atom is 0.336 e. The summed E-state index contributed by atoms with van der Waals surface area (Å²) in [5.74, 6) is -5.02. The van der Waals surface area contributed by atoms with Crippen LogP contribution in [0, 0.1) is 5.92 Å². The Morgan fingerprint density at radius 2 is 1.57 bits per heavy atom. The zero-order valence-electron chi connectivity index (χ0n) is 21.3.